The molecule has 0 aliphatic heterocycles. The number of hydrogen-bond donors (Lipinski definition) is 0. The predicted molar refractivity (Wildman–Crippen MR) is 56.7 cm³/mol. The highest BCUT2D eigenvalue weighted by Gasteiger charge is 2.26. The lowest BCUT2D eigenvalue weighted by atomic mass is 10.00. The van der Waals surface area contributed by atoms with Crippen LogP contribution in [-0.4, -0.2) is 11.1 Å². The fraction of sp³-hybridized carbons (Fsp3) is 0.583. The monoisotopic (exact) mass is 191 g/mol. The predicted octanol–water partition coefficient (Wildman–Crippen LogP) is 3.05. The molecule has 1 saturated carbocycles. The van der Waals surface area contributed by atoms with E-state index in [4.69, 9.17) is 4.74 Å². The lowest BCUT2D eigenvalue weighted by Crippen LogP contribution is -2.04. The molecule has 0 unspecified atom stereocenters. The number of pyridine rings is 1. The van der Waals surface area contributed by atoms with E-state index in [9.17, 15) is 0 Å². The smallest absolute Gasteiger partial charge is 0.217 e. The van der Waals surface area contributed by atoms with Crippen LogP contribution >= 0.6 is 0 Å². The number of aromatic nitrogens is 1. The van der Waals surface area contributed by atoms with Gasteiger partial charge in [-0.1, -0.05) is 13.8 Å². The molecule has 0 aromatic carbocycles. The van der Waals surface area contributed by atoms with Gasteiger partial charge >= 0.3 is 0 Å². The minimum absolute atomic E-state index is 0.432. The molecule has 1 aliphatic carbocycles. The zero-order valence-corrected chi connectivity index (χ0v) is 9.08. The van der Waals surface area contributed by atoms with Crippen molar-refractivity contribution in [3.05, 3.63) is 23.4 Å². The maximum atomic E-state index is 5.79. The molecular formula is C12H17NO. The van der Waals surface area contributed by atoms with Gasteiger partial charge in [0, 0.05) is 11.8 Å². The van der Waals surface area contributed by atoms with Gasteiger partial charge in [0.15, 0.2) is 0 Å². The van der Waals surface area contributed by atoms with Crippen molar-refractivity contribution in [1.29, 1.82) is 0 Å². The van der Waals surface area contributed by atoms with Crippen molar-refractivity contribution in [3.8, 4) is 5.88 Å². The molecular weight excluding hydrogens is 174 g/mol. The molecule has 0 atom stereocenters. The van der Waals surface area contributed by atoms with Crippen molar-refractivity contribution in [1.82, 2.24) is 4.98 Å². The van der Waals surface area contributed by atoms with Crippen molar-refractivity contribution in [2.45, 2.75) is 45.6 Å². The molecule has 1 heterocycles. The highest BCUT2D eigenvalue weighted by molar-refractivity contribution is 5.36. The Labute approximate surface area is 85.3 Å². The van der Waals surface area contributed by atoms with E-state index in [1.54, 1.807) is 0 Å². The zero-order chi connectivity index (χ0) is 10.1. The van der Waals surface area contributed by atoms with Crippen LogP contribution in [0.5, 0.6) is 5.88 Å². The van der Waals surface area contributed by atoms with Crippen LogP contribution in [0.15, 0.2) is 12.3 Å². The van der Waals surface area contributed by atoms with Crippen LogP contribution in [0.2, 0.25) is 0 Å². The summed E-state index contributed by atoms with van der Waals surface area (Å²) in [7, 11) is 0. The van der Waals surface area contributed by atoms with Gasteiger partial charge in [-0.2, -0.15) is 0 Å². The van der Waals surface area contributed by atoms with Gasteiger partial charge in [-0.25, -0.2) is 4.98 Å². The van der Waals surface area contributed by atoms with E-state index in [1.165, 1.54) is 24.0 Å². The average Bonchev–Trinajstić information content (AvgIpc) is 2.87. The first-order chi connectivity index (χ1) is 6.68. The molecule has 76 valence electrons. The van der Waals surface area contributed by atoms with E-state index in [0.717, 1.165) is 5.88 Å². The molecule has 1 fully saturated rings. The van der Waals surface area contributed by atoms with Gasteiger partial charge in [0.05, 0.1) is 0 Å². The van der Waals surface area contributed by atoms with Crippen LogP contribution in [0, 0.1) is 6.92 Å². The maximum Gasteiger partial charge on any atom is 0.217 e. The first-order valence-corrected chi connectivity index (χ1v) is 5.30. The van der Waals surface area contributed by atoms with E-state index in [-0.39, 0.29) is 0 Å². The maximum absolute atomic E-state index is 5.79. The van der Waals surface area contributed by atoms with Gasteiger partial charge in [0.1, 0.15) is 6.10 Å². The third-order valence-corrected chi connectivity index (χ3v) is 2.55. The van der Waals surface area contributed by atoms with Crippen molar-refractivity contribution in [2.24, 2.45) is 0 Å². The molecule has 0 saturated heterocycles. The fourth-order valence-electron chi connectivity index (χ4n) is 1.68. The molecule has 0 radical (unpaired) electrons. The van der Waals surface area contributed by atoms with Crippen LogP contribution in [0.3, 0.4) is 0 Å². The zero-order valence-electron chi connectivity index (χ0n) is 9.08. The van der Waals surface area contributed by atoms with E-state index in [0.29, 0.717) is 12.0 Å². The minimum Gasteiger partial charge on any atom is -0.474 e. The molecule has 2 nitrogen and oxygen atoms in total. The molecule has 14 heavy (non-hydrogen) atoms. The summed E-state index contributed by atoms with van der Waals surface area (Å²) < 4.78 is 5.79. The van der Waals surface area contributed by atoms with Crippen molar-refractivity contribution >= 4 is 0 Å². The van der Waals surface area contributed by atoms with E-state index in [1.807, 2.05) is 6.20 Å². The second-order valence-corrected chi connectivity index (χ2v) is 4.32. The second-order valence-electron chi connectivity index (χ2n) is 4.32. The Morgan fingerprint density at radius 1 is 1.43 bits per heavy atom. The second kappa shape index (κ2) is 3.60. The third-order valence-electron chi connectivity index (χ3n) is 2.55. The molecule has 0 spiro atoms. The van der Waals surface area contributed by atoms with E-state index >= 15 is 0 Å². The molecule has 1 aliphatic rings. The first-order valence-electron chi connectivity index (χ1n) is 5.30. The van der Waals surface area contributed by atoms with Crippen molar-refractivity contribution < 1.29 is 4.74 Å². The van der Waals surface area contributed by atoms with Crippen LogP contribution in [-0.2, 0) is 0 Å². The topological polar surface area (TPSA) is 22.1 Å². The summed E-state index contributed by atoms with van der Waals surface area (Å²) in [6.07, 6.45) is 4.64. The fourth-order valence-corrected chi connectivity index (χ4v) is 1.68. The Bertz CT molecular complexity index is 329. The van der Waals surface area contributed by atoms with Gasteiger partial charge in [0.25, 0.3) is 0 Å². The largest absolute Gasteiger partial charge is 0.474 e. The standard InChI is InChI=1S/C12H17NO/c1-8(2)11-9(3)6-7-13-12(11)14-10-4-5-10/h6-8,10H,4-5H2,1-3H3. The van der Waals surface area contributed by atoms with E-state index < -0.39 is 0 Å². The lowest BCUT2D eigenvalue weighted by Gasteiger charge is -2.14. The molecule has 1 aromatic heterocycles. The molecule has 2 rings (SSSR count). The normalized spacial score (nSPS) is 16.0. The quantitative estimate of drug-likeness (QED) is 0.732. The van der Waals surface area contributed by atoms with Crippen molar-refractivity contribution in [2.75, 3.05) is 0 Å². The summed E-state index contributed by atoms with van der Waals surface area (Å²) in [6.45, 7) is 6.49. The van der Waals surface area contributed by atoms with Crippen molar-refractivity contribution in [3.63, 3.8) is 0 Å². The van der Waals surface area contributed by atoms with Gasteiger partial charge in [-0.05, 0) is 37.3 Å². The van der Waals surface area contributed by atoms with Gasteiger partial charge < -0.3 is 4.74 Å². The average molecular weight is 191 g/mol. The minimum atomic E-state index is 0.432. The molecule has 2 heteroatoms. The summed E-state index contributed by atoms with van der Waals surface area (Å²) in [5.41, 5.74) is 2.55. The summed E-state index contributed by atoms with van der Waals surface area (Å²) in [4.78, 5) is 4.32. The highest BCUT2D eigenvalue weighted by atomic mass is 16.5. The highest BCUT2D eigenvalue weighted by Crippen LogP contribution is 2.32. The van der Waals surface area contributed by atoms with Crippen LogP contribution in [0.4, 0.5) is 0 Å². The van der Waals surface area contributed by atoms with Crippen LogP contribution in [0.1, 0.15) is 43.7 Å². The Morgan fingerprint density at radius 2 is 2.14 bits per heavy atom. The van der Waals surface area contributed by atoms with Gasteiger partial charge in [-0.15, -0.1) is 0 Å². The molecule has 1 aromatic rings. The molecule has 0 bridgehead atoms. The Kier molecular flexibility index (Phi) is 2.44. The molecule has 0 amide bonds. The number of rotatable bonds is 3. The Hall–Kier alpha value is -1.05. The lowest BCUT2D eigenvalue weighted by molar-refractivity contribution is 0.286. The van der Waals surface area contributed by atoms with E-state index in [2.05, 4.69) is 31.8 Å². The summed E-state index contributed by atoms with van der Waals surface area (Å²) in [6, 6.07) is 2.05. The Morgan fingerprint density at radius 3 is 2.71 bits per heavy atom. The first kappa shape index (κ1) is 9.50. The summed E-state index contributed by atoms with van der Waals surface area (Å²) in [5, 5.41) is 0. The summed E-state index contributed by atoms with van der Waals surface area (Å²) >= 11 is 0. The number of nitrogens with zero attached hydrogens (tertiary/aromatic N) is 1. The molecule has 0 N–H and O–H groups in total. The number of aryl methyl sites for hydroxylation is 1. The van der Waals surface area contributed by atoms with Gasteiger partial charge in [0.2, 0.25) is 5.88 Å². The van der Waals surface area contributed by atoms with Crippen LogP contribution in [0.25, 0.3) is 0 Å². The Balaban J connectivity index is 2.30. The SMILES string of the molecule is Cc1ccnc(OC2CC2)c1C(C)C. The van der Waals surface area contributed by atoms with Gasteiger partial charge in [-0.3, -0.25) is 0 Å². The number of hydrogen-bond acceptors (Lipinski definition) is 2. The number of ether oxygens (including phenoxy) is 1. The third kappa shape index (κ3) is 1.89. The van der Waals surface area contributed by atoms with Crippen LogP contribution < -0.4 is 4.74 Å². The summed E-state index contributed by atoms with van der Waals surface area (Å²) in [5.74, 6) is 1.33.